The second-order valence-corrected chi connectivity index (χ2v) is 3.28. The Morgan fingerprint density at radius 3 is 2.83 bits per heavy atom. The minimum atomic E-state index is 0.785. The molecule has 0 bridgehead atoms. The van der Waals surface area contributed by atoms with Gasteiger partial charge >= 0.3 is 0 Å². The van der Waals surface area contributed by atoms with Gasteiger partial charge in [0, 0.05) is 6.20 Å². The normalized spacial score (nSPS) is 10.1. The van der Waals surface area contributed by atoms with E-state index >= 15 is 0 Å². The van der Waals surface area contributed by atoms with Gasteiger partial charge in [-0.05, 0) is 34.7 Å². The van der Waals surface area contributed by atoms with Crippen LogP contribution in [0.15, 0.2) is 30.6 Å². The highest BCUT2D eigenvalue weighted by Gasteiger charge is 1.98. The van der Waals surface area contributed by atoms with Crippen molar-refractivity contribution in [3.63, 3.8) is 0 Å². The molecule has 0 atom stereocenters. The van der Waals surface area contributed by atoms with Gasteiger partial charge in [0.2, 0.25) is 0 Å². The van der Waals surface area contributed by atoms with Gasteiger partial charge < -0.3 is 0 Å². The first kappa shape index (κ1) is 7.66. The summed E-state index contributed by atoms with van der Waals surface area (Å²) < 4.78 is 2.50. The molecular weight excluding hydrogens is 267 g/mol. The van der Waals surface area contributed by atoms with E-state index in [1.54, 1.807) is 10.9 Å². The van der Waals surface area contributed by atoms with Crippen LogP contribution in [0.25, 0.3) is 5.82 Å². The molecule has 0 N–H and O–H groups in total. The molecule has 0 fully saturated rings. The van der Waals surface area contributed by atoms with Gasteiger partial charge in [0.25, 0.3) is 0 Å². The van der Waals surface area contributed by atoms with Gasteiger partial charge in [-0.25, -0.2) is 9.67 Å². The number of pyridine rings is 1. The predicted molar refractivity (Wildman–Crippen MR) is 51.9 cm³/mol. The van der Waals surface area contributed by atoms with E-state index in [2.05, 4.69) is 37.9 Å². The molecule has 0 radical (unpaired) electrons. The molecule has 4 nitrogen and oxygen atoms in total. The van der Waals surface area contributed by atoms with Crippen molar-refractivity contribution in [3.8, 4) is 5.82 Å². The lowest BCUT2D eigenvalue weighted by Gasteiger charge is -1.94. The van der Waals surface area contributed by atoms with Crippen LogP contribution in [0, 0.1) is 3.70 Å². The molecule has 0 saturated carbocycles. The Balaban J connectivity index is 2.45. The first-order valence-corrected chi connectivity index (χ1v) is 4.43. The van der Waals surface area contributed by atoms with Crippen LogP contribution < -0.4 is 0 Å². The van der Waals surface area contributed by atoms with Crippen LogP contribution in [-0.2, 0) is 0 Å². The van der Waals surface area contributed by atoms with Crippen molar-refractivity contribution < 1.29 is 0 Å². The molecule has 0 aliphatic carbocycles. The third-order valence-corrected chi connectivity index (χ3v) is 1.84. The van der Waals surface area contributed by atoms with Gasteiger partial charge in [0.05, 0.1) is 6.20 Å². The molecule has 2 rings (SSSR count). The predicted octanol–water partition coefficient (Wildman–Crippen LogP) is 1.27. The van der Waals surface area contributed by atoms with Crippen molar-refractivity contribution in [2.24, 2.45) is 0 Å². The fourth-order valence-electron chi connectivity index (χ4n) is 0.845. The van der Waals surface area contributed by atoms with Gasteiger partial charge in [-0.15, -0.1) is 5.10 Å². The van der Waals surface area contributed by atoms with Crippen LogP contribution in [0.1, 0.15) is 0 Å². The van der Waals surface area contributed by atoms with E-state index in [0.717, 1.165) is 9.52 Å². The molecule has 12 heavy (non-hydrogen) atoms. The molecule has 0 aliphatic heterocycles. The first-order chi connectivity index (χ1) is 5.86. The minimum Gasteiger partial charge on any atom is -0.237 e. The van der Waals surface area contributed by atoms with Crippen LogP contribution in [-0.4, -0.2) is 20.0 Å². The topological polar surface area (TPSA) is 43.6 Å². The molecule has 0 amide bonds. The maximum atomic E-state index is 4.12. The van der Waals surface area contributed by atoms with E-state index in [-0.39, 0.29) is 0 Å². The summed E-state index contributed by atoms with van der Waals surface area (Å²) in [7, 11) is 0. The van der Waals surface area contributed by atoms with Gasteiger partial charge in [-0.3, -0.25) is 0 Å². The molecule has 2 aromatic heterocycles. The zero-order chi connectivity index (χ0) is 8.39. The number of hydrogen-bond donors (Lipinski definition) is 0. The van der Waals surface area contributed by atoms with Crippen LogP contribution >= 0.6 is 22.6 Å². The average molecular weight is 272 g/mol. The lowest BCUT2D eigenvalue weighted by atomic mass is 10.5. The van der Waals surface area contributed by atoms with E-state index in [0.29, 0.717) is 0 Å². The molecule has 60 valence electrons. The molecule has 0 aliphatic rings. The van der Waals surface area contributed by atoms with Crippen LogP contribution in [0.3, 0.4) is 0 Å². The van der Waals surface area contributed by atoms with Crippen molar-refractivity contribution in [2.75, 3.05) is 0 Å². The molecular formula is C7H5IN4. The van der Waals surface area contributed by atoms with E-state index in [1.165, 1.54) is 0 Å². The second kappa shape index (κ2) is 3.18. The number of aromatic nitrogens is 4. The summed E-state index contributed by atoms with van der Waals surface area (Å²) in [4.78, 5) is 4.12. The largest absolute Gasteiger partial charge is 0.237 e. The Bertz CT molecular complexity index is 370. The second-order valence-electron chi connectivity index (χ2n) is 2.17. The third kappa shape index (κ3) is 1.45. The highest BCUT2D eigenvalue weighted by molar-refractivity contribution is 14.1. The van der Waals surface area contributed by atoms with Crippen molar-refractivity contribution in [3.05, 3.63) is 34.3 Å². The summed E-state index contributed by atoms with van der Waals surface area (Å²) in [5.74, 6) is 0.785. The summed E-state index contributed by atoms with van der Waals surface area (Å²) in [5.41, 5.74) is 0. The quantitative estimate of drug-likeness (QED) is 0.734. The summed E-state index contributed by atoms with van der Waals surface area (Å²) >= 11 is 2.11. The van der Waals surface area contributed by atoms with Crippen molar-refractivity contribution in [1.82, 2.24) is 20.0 Å². The molecule has 0 spiro atoms. The van der Waals surface area contributed by atoms with E-state index in [9.17, 15) is 0 Å². The SMILES string of the molecule is Ic1cn(-c2ccccn2)nn1. The molecule has 2 aromatic rings. The first-order valence-electron chi connectivity index (χ1n) is 3.35. The Morgan fingerprint density at radius 1 is 1.33 bits per heavy atom. The van der Waals surface area contributed by atoms with Gasteiger partial charge in [0.1, 0.15) is 3.70 Å². The lowest BCUT2D eigenvalue weighted by molar-refractivity contribution is 0.780. The maximum absolute atomic E-state index is 4.12. The van der Waals surface area contributed by atoms with E-state index < -0.39 is 0 Å². The standard InChI is InChI=1S/C7H5IN4/c8-6-5-12(11-10-6)7-3-1-2-4-9-7/h1-5H. The Kier molecular flexibility index (Phi) is 2.03. The zero-order valence-electron chi connectivity index (χ0n) is 6.05. The third-order valence-electron chi connectivity index (χ3n) is 1.35. The molecule has 0 saturated heterocycles. The molecule has 0 aromatic carbocycles. The van der Waals surface area contributed by atoms with Crippen LogP contribution in [0.4, 0.5) is 0 Å². The fourth-order valence-corrected chi connectivity index (χ4v) is 1.20. The molecule has 2 heterocycles. The summed E-state index contributed by atoms with van der Waals surface area (Å²) in [6, 6.07) is 5.66. The molecule has 0 unspecified atom stereocenters. The average Bonchev–Trinajstić information content (AvgIpc) is 2.54. The number of halogens is 1. The monoisotopic (exact) mass is 272 g/mol. The summed E-state index contributed by atoms with van der Waals surface area (Å²) in [6.45, 7) is 0. The van der Waals surface area contributed by atoms with Crippen LogP contribution in [0.5, 0.6) is 0 Å². The van der Waals surface area contributed by atoms with Crippen molar-refractivity contribution >= 4 is 22.6 Å². The van der Waals surface area contributed by atoms with E-state index in [1.807, 2.05) is 24.4 Å². The number of hydrogen-bond acceptors (Lipinski definition) is 3. The van der Waals surface area contributed by atoms with Crippen LogP contribution in [0.2, 0.25) is 0 Å². The minimum absolute atomic E-state index is 0.785. The number of nitrogens with zero attached hydrogens (tertiary/aromatic N) is 4. The molecule has 5 heteroatoms. The highest BCUT2D eigenvalue weighted by atomic mass is 127. The van der Waals surface area contributed by atoms with Gasteiger partial charge in [0.15, 0.2) is 5.82 Å². The number of rotatable bonds is 1. The maximum Gasteiger partial charge on any atom is 0.155 e. The highest BCUT2D eigenvalue weighted by Crippen LogP contribution is 2.03. The lowest BCUT2D eigenvalue weighted by Crippen LogP contribution is -1.96. The smallest absolute Gasteiger partial charge is 0.155 e. The van der Waals surface area contributed by atoms with E-state index in [4.69, 9.17) is 0 Å². The Hall–Kier alpha value is -0.980. The van der Waals surface area contributed by atoms with Crippen molar-refractivity contribution in [1.29, 1.82) is 0 Å². The fraction of sp³-hybridized carbons (Fsp3) is 0. The summed E-state index contributed by atoms with van der Waals surface area (Å²) in [6.07, 6.45) is 3.55. The Labute approximate surface area is 82.8 Å². The Morgan fingerprint density at radius 2 is 2.25 bits per heavy atom. The summed E-state index contributed by atoms with van der Waals surface area (Å²) in [5, 5.41) is 7.74. The van der Waals surface area contributed by atoms with Gasteiger partial charge in [-0.2, -0.15) is 0 Å². The van der Waals surface area contributed by atoms with Crippen molar-refractivity contribution in [2.45, 2.75) is 0 Å². The zero-order valence-corrected chi connectivity index (χ0v) is 8.21. The van der Waals surface area contributed by atoms with Gasteiger partial charge in [-0.1, -0.05) is 11.3 Å².